The molecule has 4 aromatic heterocycles. The number of hydrogen-bond acceptors (Lipinski definition) is 14. The normalized spacial score (nSPS) is 9.80. The number of hydrogen-bond donors (Lipinski definition) is 0. The Hall–Kier alpha value is -2.32. The molecule has 0 atom stereocenters. The van der Waals surface area contributed by atoms with Crippen LogP contribution < -0.4 is 37.3 Å². The number of halogens is 2. The van der Waals surface area contributed by atoms with Gasteiger partial charge in [0, 0.05) is 48.3 Å². The van der Waals surface area contributed by atoms with Crippen LogP contribution in [0.5, 0.6) is 0 Å². The smallest absolute Gasteiger partial charge is 0.287 e. The van der Waals surface area contributed by atoms with E-state index < -0.39 is 20.5 Å². The van der Waals surface area contributed by atoms with E-state index in [1.54, 1.807) is 97.8 Å². The van der Waals surface area contributed by atoms with Crippen LogP contribution in [0.15, 0.2) is 97.8 Å². The molecule has 0 radical (unpaired) electrons. The molecule has 0 aliphatic rings. The number of carbonyl (C=O) groups is 2. The van der Waals surface area contributed by atoms with E-state index in [2.05, 4.69) is 19.9 Å². The van der Waals surface area contributed by atoms with Crippen molar-refractivity contribution in [1.29, 1.82) is 0 Å². The molecule has 0 fully saturated rings. The minimum atomic E-state index is -4.94. The van der Waals surface area contributed by atoms with Gasteiger partial charge < -0.3 is 0 Å². The zero-order chi connectivity index (χ0) is 28.6. The first kappa shape index (κ1) is 39.8. The molecular weight excluding hydrogens is 767 g/mol. The van der Waals surface area contributed by atoms with Crippen molar-refractivity contribution in [3.63, 3.8) is 0 Å². The molecule has 0 unspecified atom stereocenters. The van der Waals surface area contributed by atoms with Crippen molar-refractivity contribution in [2.75, 3.05) is 0 Å². The van der Waals surface area contributed by atoms with Crippen LogP contribution in [0.1, 0.15) is 32.1 Å². The van der Waals surface area contributed by atoms with Crippen molar-refractivity contribution in [3.05, 3.63) is 120 Å². The van der Waals surface area contributed by atoms with E-state index in [0.717, 1.165) is 0 Å². The van der Waals surface area contributed by atoms with Gasteiger partial charge in [0.2, 0.25) is 11.6 Å². The van der Waals surface area contributed by atoms with E-state index in [9.17, 15) is 9.59 Å². The van der Waals surface area contributed by atoms with E-state index in [4.69, 9.17) is 37.3 Å². The minimum Gasteiger partial charge on any atom is -0.287 e. The Bertz CT molecular complexity index is 1050. The van der Waals surface area contributed by atoms with Crippen molar-refractivity contribution in [3.8, 4) is 0 Å². The molecule has 0 N–H and O–H groups in total. The Morgan fingerprint density at radius 2 is 0.750 bits per heavy atom. The molecule has 40 heavy (non-hydrogen) atoms. The summed E-state index contributed by atoms with van der Waals surface area (Å²) in [5.74, 6) is -0.152. The molecule has 0 aliphatic carbocycles. The summed E-state index contributed by atoms with van der Waals surface area (Å²) in [7, 11) is -9.89. The molecule has 0 bridgehead atoms. The van der Waals surface area contributed by atoms with Crippen LogP contribution in [0, 0.1) is 20.5 Å². The third kappa shape index (κ3) is 20.6. The predicted octanol–water partition coefficient (Wildman–Crippen LogP) is -6.10. The Balaban J connectivity index is 0. The summed E-state index contributed by atoms with van der Waals surface area (Å²) in [6, 6.07) is 17.3. The Labute approximate surface area is 262 Å². The van der Waals surface area contributed by atoms with Gasteiger partial charge in [-0.2, -0.15) is 0 Å². The third-order valence-corrected chi connectivity index (χ3v) is 3.68. The van der Waals surface area contributed by atoms with Crippen LogP contribution >= 0.6 is 0 Å². The van der Waals surface area contributed by atoms with Gasteiger partial charge in [0.05, 0.1) is 0 Å². The van der Waals surface area contributed by atoms with Crippen molar-refractivity contribution in [2.24, 2.45) is 0 Å². The van der Waals surface area contributed by atoms with Gasteiger partial charge in [-0.25, -0.2) is 37.3 Å². The Kier molecular flexibility index (Phi) is 20.4. The van der Waals surface area contributed by atoms with Crippen LogP contribution in [-0.2, 0) is 44.8 Å². The molecule has 0 saturated heterocycles. The van der Waals surface area contributed by atoms with Crippen LogP contribution in [0.3, 0.4) is 0 Å². The van der Waals surface area contributed by atoms with E-state index >= 15 is 0 Å². The predicted molar refractivity (Wildman–Crippen MR) is 104 cm³/mol. The first-order valence-electron chi connectivity index (χ1n) is 9.70. The van der Waals surface area contributed by atoms with Gasteiger partial charge in [0.15, 0.2) is 0 Å². The maximum Gasteiger partial charge on any atom is 1.00 e. The van der Waals surface area contributed by atoms with E-state index in [0.29, 0.717) is 22.5 Å². The molecular formula is C22H16Ag2Cl2N4O10. The number of ketones is 2. The second kappa shape index (κ2) is 20.5. The summed E-state index contributed by atoms with van der Waals surface area (Å²) in [6.45, 7) is 0. The van der Waals surface area contributed by atoms with E-state index in [1.807, 2.05) is 0 Å². The zero-order valence-corrected chi connectivity index (χ0v) is 23.9. The second-order valence-corrected chi connectivity index (χ2v) is 7.83. The topological polar surface area (TPSA) is 270 Å². The molecule has 0 aromatic carbocycles. The van der Waals surface area contributed by atoms with E-state index in [-0.39, 0.29) is 56.3 Å². The summed E-state index contributed by atoms with van der Waals surface area (Å²) < 4.78 is 67.9. The number of nitrogens with zero attached hydrogens (tertiary/aromatic N) is 4. The third-order valence-electron chi connectivity index (χ3n) is 3.68. The number of carbonyl (C=O) groups excluding carboxylic acids is 2. The van der Waals surface area contributed by atoms with Gasteiger partial charge in [0.25, 0.3) is 0 Å². The van der Waals surface area contributed by atoms with Crippen LogP contribution in [0.25, 0.3) is 0 Å². The van der Waals surface area contributed by atoms with Crippen LogP contribution in [0.4, 0.5) is 0 Å². The second-order valence-electron chi connectivity index (χ2n) is 6.32. The molecule has 0 spiro atoms. The summed E-state index contributed by atoms with van der Waals surface area (Å²) in [5, 5.41) is 0. The van der Waals surface area contributed by atoms with Gasteiger partial charge in [-0.05, 0) is 48.5 Å². The monoisotopic (exact) mass is 780 g/mol. The largest absolute Gasteiger partial charge is 1.00 e. The van der Waals surface area contributed by atoms with Gasteiger partial charge >= 0.3 is 44.8 Å². The van der Waals surface area contributed by atoms with Gasteiger partial charge in [-0.1, -0.05) is 12.1 Å². The van der Waals surface area contributed by atoms with E-state index in [1.165, 1.54) is 0 Å². The maximum absolute atomic E-state index is 11.8. The van der Waals surface area contributed by atoms with Crippen LogP contribution in [-0.4, -0.2) is 31.5 Å². The van der Waals surface area contributed by atoms with Gasteiger partial charge in [-0.3, -0.25) is 29.5 Å². The number of rotatable bonds is 4. The summed E-state index contributed by atoms with van der Waals surface area (Å²) in [6.07, 6.45) is 9.58. The standard InChI is InChI=1S/2C11H8N2O.2Ag.2ClHO4/c2*14-11(9-4-7-12-8-5-9)10-3-1-2-6-13-10;;;2*2-1(3,4)5/h2*1-8H;;;2*(H,2,3,4,5)/q;;2*+1;;/p-2. The average molecular weight is 783 g/mol. The van der Waals surface area contributed by atoms with Crippen molar-refractivity contribution in [2.45, 2.75) is 0 Å². The summed E-state index contributed by atoms with van der Waals surface area (Å²) >= 11 is 0. The zero-order valence-electron chi connectivity index (χ0n) is 19.5. The Morgan fingerprint density at radius 1 is 0.475 bits per heavy atom. The minimum absolute atomic E-state index is 0. The fraction of sp³-hybridized carbons (Fsp3) is 0. The first-order chi connectivity index (χ1) is 17.8. The number of aromatic nitrogens is 4. The molecule has 4 heterocycles. The van der Waals surface area contributed by atoms with Crippen molar-refractivity contribution < 1.29 is 112 Å². The average Bonchev–Trinajstić information content (AvgIpc) is 2.88. The molecule has 14 nitrogen and oxygen atoms in total. The van der Waals surface area contributed by atoms with Gasteiger partial charge in [-0.15, -0.1) is 20.5 Å². The molecule has 4 rings (SSSR count). The summed E-state index contributed by atoms with van der Waals surface area (Å²) in [4.78, 5) is 39.2. The molecule has 220 valence electrons. The quantitative estimate of drug-likeness (QED) is 0.138. The molecule has 0 saturated carbocycles. The molecule has 4 aromatic rings. The molecule has 18 heteroatoms. The van der Waals surface area contributed by atoms with Gasteiger partial charge in [0.1, 0.15) is 11.4 Å². The van der Waals surface area contributed by atoms with Crippen molar-refractivity contribution >= 4 is 11.6 Å². The maximum atomic E-state index is 11.8. The molecule has 0 aliphatic heterocycles. The van der Waals surface area contributed by atoms with Crippen LogP contribution in [0.2, 0.25) is 0 Å². The first-order valence-corrected chi connectivity index (χ1v) is 12.2. The fourth-order valence-electron chi connectivity index (χ4n) is 2.30. The van der Waals surface area contributed by atoms with Crippen molar-refractivity contribution in [1.82, 2.24) is 19.9 Å². The summed E-state index contributed by atoms with van der Waals surface area (Å²) in [5.41, 5.74) is 2.13. The fourth-order valence-corrected chi connectivity index (χ4v) is 2.30. The number of pyridine rings is 4. The Morgan fingerprint density at radius 3 is 0.975 bits per heavy atom. The SMILES string of the molecule is O=C(c1ccncc1)c1ccccn1.O=C(c1ccncc1)c1ccccn1.[Ag+].[Ag+].[O-][Cl+3]([O-])([O-])[O-].[O-][Cl+3]([O-])([O-])[O-]. The molecule has 0 amide bonds.